The van der Waals surface area contributed by atoms with Gasteiger partial charge >= 0.3 is 11.6 Å². The SMILES string of the molecule is O=C(O)CCc1cc2ccccc2oc1=O. The van der Waals surface area contributed by atoms with Crippen LogP contribution in [0.15, 0.2) is 39.5 Å². The normalized spacial score (nSPS) is 10.5. The van der Waals surface area contributed by atoms with Crippen molar-refractivity contribution in [3.8, 4) is 0 Å². The second-order valence-corrected chi connectivity index (χ2v) is 3.49. The number of carbonyl (C=O) groups is 1. The van der Waals surface area contributed by atoms with E-state index >= 15 is 0 Å². The number of hydrogen-bond donors (Lipinski definition) is 1. The van der Waals surface area contributed by atoms with Crippen molar-refractivity contribution in [1.29, 1.82) is 0 Å². The van der Waals surface area contributed by atoms with Crippen LogP contribution >= 0.6 is 0 Å². The van der Waals surface area contributed by atoms with Crippen LogP contribution < -0.4 is 5.63 Å². The molecule has 0 saturated heterocycles. The summed E-state index contributed by atoms with van der Waals surface area (Å²) >= 11 is 0. The molecular formula is C12H10O4. The number of aryl methyl sites for hydroxylation is 1. The molecule has 0 atom stereocenters. The molecule has 1 aromatic carbocycles. The smallest absolute Gasteiger partial charge is 0.339 e. The zero-order chi connectivity index (χ0) is 11.5. The summed E-state index contributed by atoms with van der Waals surface area (Å²) in [6.45, 7) is 0. The Labute approximate surface area is 91.1 Å². The van der Waals surface area contributed by atoms with E-state index in [0.29, 0.717) is 11.1 Å². The van der Waals surface area contributed by atoms with Crippen molar-refractivity contribution in [3.05, 3.63) is 46.3 Å². The second kappa shape index (κ2) is 4.18. The molecule has 4 heteroatoms. The fraction of sp³-hybridized carbons (Fsp3) is 0.167. The first-order valence-electron chi connectivity index (χ1n) is 4.90. The maximum Gasteiger partial charge on any atom is 0.339 e. The fourth-order valence-electron chi connectivity index (χ4n) is 1.52. The van der Waals surface area contributed by atoms with Crippen LogP contribution in [-0.2, 0) is 11.2 Å². The lowest BCUT2D eigenvalue weighted by Crippen LogP contribution is -2.09. The Hall–Kier alpha value is -2.10. The van der Waals surface area contributed by atoms with Crippen molar-refractivity contribution in [3.63, 3.8) is 0 Å². The van der Waals surface area contributed by atoms with Gasteiger partial charge in [0.2, 0.25) is 0 Å². The lowest BCUT2D eigenvalue weighted by atomic mass is 10.1. The highest BCUT2D eigenvalue weighted by atomic mass is 16.4. The summed E-state index contributed by atoms with van der Waals surface area (Å²) in [5, 5.41) is 9.35. The van der Waals surface area contributed by atoms with Crippen LogP contribution in [0, 0.1) is 0 Å². The predicted molar refractivity (Wildman–Crippen MR) is 58.4 cm³/mol. The standard InChI is InChI=1S/C12H10O4/c13-11(14)6-5-9-7-8-3-1-2-4-10(8)16-12(9)15/h1-4,7H,5-6H2,(H,13,14). The molecular weight excluding hydrogens is 208 g/mol. The van der Waals surface area contributed by atoms with Crippen molar-refractivity contribution < 1.29 is 14.3 Å². The van der Waals surface area contributed by atoms with Gasteiger partial charge in [0.15, 0.2) is 0 Å². The minimum Gasteiger partial charge on any atom is -0.481 e. The van der Waals surface area contributed by atoms with Crippen molar-refractivity contribution in [2.45, 2.75) is 12.8 Å². The van der Waals surface area contributed by atoms with Gasteiger partial charge in [-0.25, -0.2) is 4.79 Å². The van der Waals surface area contributed by atoms with Crippen LogP contribution in [0.5, 0.6) is 0 Å². The Morgan fingerprint density at radius 3 is 2.81 bits per heavy atom. The average molecular weight is 218 g/mol. The molecule has 2 rings (SSSR count). The number of fused-ring (bicyclic) bond motifs is 1. The predicted octanol–water partition coefficient (Wildman–Crippen LogP) is 1.81. The summed E-state index contributed by atoms with van der Waals surface area (Å²) in [7, 11) is 0. The molecule has 16 heavy (non-hydrogen) atoms. The van der Waals surface area contributed by atoms with Crippen LogP contribution in [0.25, 0.3) is 11.0 Å². The van der Waals surface area contributed by atoms with E-state index in [4.69, 9.17) is 9.52 Å². The van der Waals surface area contributed by atoms with Crippen LogP contribution in [0.4, 0.5) is 0 Å². The second-order valence-electron chi connectivity index (χ2n) is 3.49. The maximum absolute atomic E-state index is 11.5. The number of carboxylic acid groups (broad SMARTS) is 1. The molecule has 1 aromatic heterocycles. The Kier molecular flexibility index (Phi) is 2.72. The van der Waals surface area contributed by atoms with Gasteiger partial charge in [-0.1, -0.05) is 18.2 Å². The van der Waals surface area contributed by atoms with E-state index in [2.05, 4.69) is 0 Å². The number of hydrogen-bond acceptors (Lipinski definition) is 3. The molecule has 4 nitrogen and oxygen atoms in total. The van der Waals surface area contributed by atoms with Crippen molar-refractivity contribution in [2.24, 2.45) is 0 Å². The zero-order valence-electron chi connectivity index (χ0n) is 8.47. The maximum atomic E-state index is 11.5. The Morgan fingerprint density at radius 2 is 2.06 bits per heavy atom. The number of aliphatic carboxylic acids is 1. The highest BCUT2D eigenvalue weighted by Crippen LogP contribution is 2.13. The van der Waals surface area contributed by atoms with Crippen LogP contribution in [0.1, 0.15) is 12.0 Å². The summed E-state index contributed by atoms with van der Waals surface area (Å²) in [6.07, 6.45) is 0.131. The first kappa shape index (κ1) is 10.4. The molecule has 82 valence electrons. The summed E-state index contributed by atoms with van der Waals surface area (Å²) in [6, 6.07) is 8.83. The molecule has 0 unspecified atom stereocenters. The lowest BCUT2D eigenvalue weighted by Gasteiger charge is -1.99. The van der Waals surface area contributed by atoms with Crippen LogP contribution in [0.2, 0.25) is 0 Å². The van der Waals surface area contributed by atoms with Gasteiger partial charge in [-0.2, -0.15) is 0 Å². The third kappa shape index (κ3) is 2.11. The van der Waals surface area contributed by atoms with E-state index < -0.39 is 11.6 Å². The lowest BCUT2D eigenvalue weighted by molar-refractivity contribution is -0.136. The first-order valence-corrected chi connectivity index (χ1v) is 4.90. The Balaban J connectivity index is 2.42. The van der Waals surface area contributed by atoms with E-state index in [9.17, 15) is 9.59 Å². The average Bonchev–Trinajstić information content (AvgIpc) is 2.26. The number of benzene rings is 1. The van der Waals surface area contributed by atoms with Crippen molar-refractivity contribution >= 4 is 16.9 Å². The molecule has 0 saturated carbocycles. The Bertz CT molecular complexity index is 583. The number of para-hydroxylation sites is 1. The van der Waals surface area contributed by atoms with Gasteiger partial charge in [0.05, 0.1) is 0 Å². The third-order valence-corrected chi connectivity index (χ3v) is 2.32. The molecule has 0 bridgehead atoms. The molecule has 0 spiro atoms. The molecule has 1 N–H and O–H groups in total. The van der Waals surface area contributed by atoms with Gasteiger partial charge in [0.1, 0.15) is 5.58 Å². The third-order valence-electron chi connectivity index (χ3n) is 2.32. The molecule has 0 amide bonds. The highest BCUT2D eigenvalue weighted by Gasteiger charge is 2.06. The number of rotatable bonds is 3. The molecule has 0 aliphatic heterocycles. The fourth-order valence-corrected chi connectivity index (χ4v) is 1.52. The van der Waals surface area contributed by atoms with Gasteiger partial charge in [0.25, 0.3) is 0 Å². The molecule has 1 heterocycles. The van der Waals surface area contributed by atoms with Gasteiger partial charge in [-0.05, 0) is 18.6 Å². The number of carboxylic acids is 1. The first-order chi connectivity index (χ1) is 7.66. The van der Waals surface area contributed by atoms with Crippen molar-refractivity contribution in [2.75, 3.05) is 0 Å². The molecule has 0 fully saturated rings. The minimum atomic E-state index is -0.924. The van der Waals surface area contributed by atoms with Gasteiger partial charge < -0.3 is 9.52 Å². The van der Waals surface area contributed by atoms with E-state index in [1.165, 1.54) is 0 Å². The highest BCUT2D eigenvalue weighted by molar-refractivity contribution is 5.76. The monoisotopic (exact) mass is 218 g/mol. The van der Waals surface area contributed by atoms with Gasteiger partial charge in [-0.3, -0.25) is 4.79 Å². The summed E-state index contributed by atoms with van der Waals surface area (Å²) < 4.78 is 5.08. The van der Waals surface area contributed by atoms with E-state index in [1.807, 2.05) is 12.1 Å². The molecule has 0 aliphatic rings. The minimum absolute atomic E-state index is 0.0664. The van der Waals surface area contributed by atoms with Gasteiger partial charge in [-0.15, -0.1) is 0 Å². The van der Waals surface area contributed by atoms with Crippen LogP contribution in [0.3, 0.4) is 0 Å². The van der Waals surface area contributed by atoms with Crippen molar-refractivity contribution in [1.82, 2.24) is 0 Å². The van der Waals surface area contributed by atoms with E-state index in [0.717, 1.165) is 5.39 Å². The van der Waals surface area contributed by atoms with Crippen LogP contribution in [-0.4, -0.2) is 11.1 Å². The summed E-state index contributed by atoms with van der Waals surface area (Å²) in [4.78, 5) is 21.9. The molecule has 0 radical (unpaired) electrons. The van der Waals surface area contributed by atoms with Gasteiger partial charge in [0, 0.05) is 17.4 Å². The largest absolute Gasteiger partial charge is 0.481 e. The van der Waals surface area contributed by atoms with E-state index in [-0.39, 0.29) is 12.8 Å². The summed E-state index contributed by atoms with van der Waals surface area (Å²) in [5.41, 5.74) is 0.465. The molecule has 2 aromatic rings. The topological polar surface area (TPSA) is 67.5 Å². The Morgan fingerprint density at radius 1 is 1.31 bits per heavy atom. The zero-order valence-corrected chi connectivity index (χ0v) is 8.47. The molecule has 0 aliphatic carbocycles. The summed E-state index contributed by atoms with van der Waals surface area (Å²) in [5.74, 6) is -0.924. The quantitative estimate of drug-likeness (QED) is 0.798. The van der Waals surface area contributed by atoms with E-state index in [1.54, 1.807) is 18.2 Å².